The molecule has 0 aliphatic rings. The maximum atomic E-state index is 13.8. The van der Waals surface area contributed by atoms with Crippen molar-refractivity contribution in [2.24, 2.45) is 5.73 Å². The van der Waals surface area contributed by atoms with Crippen molar-refractivity contribution in [1.29, 1.82) is 0 Å². The van der Waals surface area contributed by atoms with E-state index in [1.54, 1.807) is 6.07 Å². The van der Waals surface area contributed by atoms with Crippen LogP contribution >= 0.6 is 11.6 Å². The highest BCUT2D eigenvalue weighted by Gasteiger charge is 2.15. The lowest BCUT2D eigenvalue weighted by atomic mass is 9.99. The van der Waals surface area contributed by atoms with Crippen molar-refractivity contribution < 1.29 is 17.9 Å². The van der Waals surface area contributed by atoms with Gasteiger partial charge in [0, 0.05) is 10.6 Å². The van der Waals surface area contributed by atoms with Gasteiger partial charge in [-0.05, 0) is 29.8 Å². The summed E-state index contributed by atoms with van der Waals surface area (Å²) in [5.41, 5.74) is 6.63. The number of hydrogen-bond acceptors (Lipinski definition) is 2. The number of nitrogens with two attached hydrogens (primary N) is 1. The van der Waals surface area contributed by atoms with Gasteiger partial charge in [-0.2, -0.15) is 8.78 Å². The molecule has 2 N–H and O–H groups in total. The van der Waals surface area contributed by atoms with E-state index in [-0.39, 0.29) is 16.3 Å². The maximum absolute atomic E-state index is 13.8. The van der Waals surface area contributed by atoms with Crippen molar-refractivity contribution >= 4 is 11.6 Å². The smallest absolute Gasteiger partial charge is 0.387 e. The van der Waals surface area contributed by atoms with E-state index in [1.807, 2.05) is 0 Å². The Labute approximate surface area is 118 Å². The number of rotatable bonds is 4. The summed E-state index contributed by atoms with van der Waals surface area (Å²) in [5, 5.41) is 0.258. The Bertz CT molecular complexity index is 607. The quantitative estimate of drug-likeness (QED) is 0.921. The van der Waals surface area contributed by atoms with Crippen LogP contribution in [0, 0.1) is 5.82 Å². The van der Waals surface area contributed by atoms with Gasteiger partial charge in [-0.3, -0.25) is 0 Å². The molecule has 0 saturated carbocycles. The minimum atomic E-state index is -2.92. The molecule has 6 heteroatoms. The number of halogens is 4. The Hall–Kier alpha value is -1.72. The highest BCUT2D eigenvalue weighted by Crippen LogP contribution is 2.27. The zero-order valence-corrected chi connectivity index (χ0v) is 10.9. The lowest BCUT2D eigenvalue weighted by molar-refractivity contribution is -0.0498. The first-order valence-corrected chi connectivity index (χ1v) is 6.10. The van der Waals surface area contributed by atoms with Crippen LogP contribution in [0.15, 0.2) is 42.5 Å². The Balaban J connectivity index is 2.30. The lowest BCUT2D eigenvalue weighted by Gasteiger charge is -2.15. The summed E-state index contributed by atoms with van der Waals surface area (Å²) in [6.07, 6.45) is 0. The molecule has 0 saturated heterocycles. The Morgan fingerprint density at radius 2 is 1.85 bits per heavy atom. The molecule has 0 aliphatic carbocycles. The lowest BCUT2D eigenvalue weighted by Crippen LogP contribution is -2.14. The van der Waals surface area contributed by atoms with Gasteiger partial charge in [0.05, 0.1) is 6.04 Å². The van der Waals surface area contributed by atoms with E-state index in [4.69, 9.17) is 17.3 Å². The average Bonchev–Trinajstić information content (AvgIpc) is 2.37. The van der Waals surface area contributed by atoms with Gasteiger partial charge in [-0.15, -0.1) is 0 Å². The van der Waals surface area contributed by atoms with Crippen molar-refractivity contribution in [2.45, 2.75) is 12.7 Å². The van der Waals surface area contributed by atoms with E-state index in [9.17, 15) is 13.2 Å². The molecule has 0 aliphatic heterocycles. The number of ether oxygens (including phenoxy) is 1. The van der Waals surface area contributed by atoms with Crippen LogP contribution in [-0.2, 0) is 0 Å². The molecule has 0 aromatic heterocycles. The zero-order chi connectivity index (χ0) is 14.7. The van der Waals surface area contributed by atoms with Crippen molar-refractivity contribution in [2.75, 3.05) is 0 Å². The van der Waals surface area contributed by atoms with Gasteiger partial charge >= 0.3 is 6.61 Å². The van der Waals surface area contributed by atoms with Crippen molar-refractivity contribution in [1.82, 2.24) is 0 Å². The summed E-state index contributed by atoms with van der Waals surface area (Å²) in [5.74, 6) is -0.576. The highest BCUT2D eigenvalue weighted by atomic mass is 35.5. The molecule has 20 heavy (non-hydrogen) atoms. The predicted molar refractivity (Wildman–Crippen MR) is 70.5 cm³/mol. The predicted octanol–water partition coefficient (Wildman–Crippen LogP) is 4.13. The summed E-state index contributed by atoms with van der Waals surface area (Å²) in [6.45, 7) is -2.92. The summed E-state index contributed by atoms with van der Waals surface area (Å²) >= 11 is 5.67. The summed E-state index contributed by atoms with van der Waals surface area (Å²) in [7, 11) is 0. The third-order valence-electron chi connectivity index (χ3n) is 2.74. The fourth-order valence-corrected chi connectivity index (χ4v) is 1.98. The first-order chi connectivity index (χ1) is 9.47. The van der Waals surface area contributed by atoms with E-state index in [0.29, 0.717) is 5.56 Å². The van der Waals surface area contributed by atoms with Crippen LogP contribution in [-0.4, -0.2) is 6.61 Å². The molecule has 2 aromatic rings. The molecule has 1 atom stereocenters. The SMILES string of the molecule is NC(c1cccc(OC(F)F)c1)c1ccc(Cl)cc1F. The summed E-state index contributed by atoms with van der Waals surface area (Å²) in [6, 6.07) is 9.18. The fraction of sp³-hybridized carbons (Fsp3) is 0.143. The van der Waals surface area contributed by atoms with Gasteiger partial charge in [0.15, 0.2) is 0 Å². The molecule has 2 aromatic carbocycles. The second-order valence-corrected chi connectivity index (χ2v) is 4.53. The van der Waals surface area contributed by atoms with Crippen LogP contribution in [0.2, 0.25) is 5.02 Å². The molecule has 0 heterocycles. The standard InChI is InChI=1S/C14H11ClF3NO/c15-9-4-5-11(12(16)7-9)13(19)8-2-1-3-10(6-8)20-14(17)18/h1-7,13-14H,19H2. The second-order valence-electron chi connectivity index (χ2n) is 4.09. The van der Waals surface area contributed by atoms with Crippen molar-refractivity contribution in [3.8, 4) is 5.75 Å². The molecular formula is C14H11ClF3NO. The molecule has 0 fully saturated rings. The van der Waals surface area contributed by atoms with E-state index in [2.05, 4.69) is 4.74 Å². The van der Waals surface area contributed by atoms with E-state index >= 15 is 0 Å². The summed E-state index contributed by atoms with van der Waals surface area (Å²) < 4.78 is 42.4. The molecule has 0 bridgehead atoms. The van der Waals surface area contributed by atoms with Gasteiger partial charge in [-0.25, -0.2) is 4.39 Å². The van der Waals surface area contributed by atoms with Crippen LogP contribution in [0.4, 0.5) is 13.2 Å². The fourth-order valence-electron chi connectivity index (χ4n) is 1.82. The topological polar surface area (TPSA) is 35.2 Å². The third-order valence-corrected chi connectivity index (χ3v) is 2.98. The largest absolute Gasteiger partial charge is 0.435 e. The van der Waals surface area contributed by atoms with Crippen LogP contribution < -0.4 is 10.5 Å². The Morgan fingerprint density at radius 1 is 1.10 bits per heavy atom. The van der Waals surface area contributed by atoms with Crippen LogP contribution in [0.3, 0.4) is 0 Å². The van der Waals surface area contributed by atoms with E-state index < -0.39 is 18.5 Å². The minimum absolute atomic E-state index is 0.0256. The molecule has 1 unspecified atom stereocenters. The molecule has 2 nitrogen and oxygen atoms in total. The normalized spacial score (nSPS) is 12.5. The monoisotopic (exact) mass is 301 g/mol. The average molecular weight is 302 g/mol. The minimum Gasteiger partial charge on any atom is -0.435 e. The van der Waals surface area contributed by atoms with E-state index in [0.717, 1.165) is 6.07 Å². The first-order valence-electron chi connectivity index (χ1n) is 5.72. The van der Waals surface area contributed by atoms with Gasteiger partial charge < -0.3 is 10.5 Å². The molecular weight excluding hydrogens is 291 g/mol. The van der Waals surface area contributed by atoms with Crippen molar-refractivity contribution in [3.63, 3.8) is 0 Å². The molecule has 106 valence electrons. The second kappa shape index (κ2) is 6.15. The van der Waals surface area contributed by atoms with E-state index in [1.165, 1.54) is 30.3 Å². The summed E-state index contributed by atoms with van der Waals surface area (Å²) in [4.78, 5) is 0. The number of benzene rings is 2. The van der Waals surface area contributed by atoms with Crippen LogP contribution in [0.25, 0.3) is 0 Å². The van der Waals surface area contributed by atoms with Crippen LogP contribution in [0.1, 0.15) is 17.2 Å². The maximum Gasteiger partial charge on any atom is 0.387 e. The highest BCUT2D eigenvalue weighted by molar-refractivity contribution is 6.30. The molecule has 0 amide bonds. The van der Waals surface area contributed by atoms with Gasteiger partial charge in [0.25, 0.3) is 0 Å². The van der Waals surface area contributed by atoms with Crippen LogP contribution in [0.5, 0.6) is 5.75 Å². The zero-order valence-electron chi connectivity index (χ0n) is 10.2. The Morgan fingerprint density at radius 3 is 2.50 bits per heavy atom. The molecule has 0 radical (unpaired) electrons. The number of hydrogen-bond donors (Lipinski definition) is 1. The van der Waals surface area contributed by atoms with Gasteiger partial charge in [0.1, 0.15) is 11.6 Å². The van der Waals surface area contributed by atoms with Crippen molar-refractivity contribution in [3.05, 3.63) is 64.4 Å². The Kier molecular flexibility index (Phi) is 4.52. The van der Waals surface area contributed by atoms with Gasteiger partial charge in [0.2, 0.25) is 0 Å². The molecule has 2 rings (SSSR count). The molecule has 0 spiro atoms. The van der Waals surface area contributed by atoms with Gasteiger partial charge in [-0.1, -0.05) is 29.8 Å². The third kappa shape index (κ3) is 3.43. The first kappa shape index (κ1) is 14.7. The number of alkyl halides is 2.